The van der Waals surface area contributed by atoms with E-state index in [0.29, 0.717) is 24.7 Å². The number of morpholine rings is 1. The van der Waals surface area contributed by atoms with Gasteiger partial charge in [0.2, 0.25) is 15.9 Å². The van der Waals surface area contributed by atoms with Crippen molar-refractivity contribution in [3.8, 4) is 5.75 Å². The third kappa shape index (κ3) is 5.81. The molecule has 0 bridgehead atoms. The first-order valence-electron chi connectivity index (χ1n) is 8.42. The molecule has 0 aliphatic carbocycles. The van der Waals surface area contributed by atoms with Gasteiger partial charge in [0.25, 0.3) is 0 Å². The zero-order valence-electron chi connectivity index (χ0n) is 15.2. The molecule has 0 saturated carbocycles. The van der Waals surface area contributed by atoms with Gasteiger partial charge in [-0.3, -0.25) is 10.1 Å². The number of nitrogens with zero attached hydrogens (tertiary/aromatic N) is 1. The highest BCUT2D eigenvalue weighted by Crippen LogP contribution is 2.30. The number of benzene rings is 1. The Morgan fingerprint density at radius 3 is 2.56 bits per heavy atom. The van der Waals surface area contributed by atoms with Gasteiger partial charge in [-0.1, -0.05) is 0 Å². The number of amides is 3. The Hall–Kier alpha value is -2.37. The summed E-state index contributed by atoms with van der Waals surface area (Å²) in [4.78, 5) is 22.4. The fourth-order valence-corrected chi connectivity index (χ4v) is 3.89. The van der Waals surface area contributed by atoms with E-state index in [0.717, 1.165) is 0 Å². The standard InChI is InChI=1S/C16H24N4O6S/c1-11(2)26-14-4-3-12(27(23,24)20-5-7-25-8-6-20)9-13(14)18-10-15(21)19-16(17)22/h3-4,9,11,18H,5-8,10H2,1-2H3,(H3,17,19,21,22). The molecule has 27 heavy (non-hydrogen) atoms. The number of rotatable bonds is 7. The summed E-state index contributed by atoms with van der Waals surface area (Å²) in [6.45, 7) is 4.59. The molecule has 1 aliphatic heterocycles. The first-order chi connectivity index (χ1) is 12.7. The van der Waals surface area contributed by atoms with Gasteiger partial charge in [-0.25, -0.2) is 13.2 Å². The Morgan fingerprint density at radius 1 is 1.30 bits per heavy atom. The van der Waals surface area contributed by atoms with Crippen molar-refractivity contribution in [2.45, 2.75) is 24.8 Å². The van der Waals surface area contributed by atoms with Crippen LogP contribution in [-0.4, -0.2) is 63.6 Å². The zero-order chi connectivity index (χ0) is 20.0. The molecule has 1 heterocycles. The monoisotopic (exact) mass is 400 g/mol. The van der Waals surface area contributed by atoms with Crippen molar-refractivity contribution >= 4 is 27.6 Å². The Morgan fingerprint density at radius 2 is 1.96 bits per heavy atom. The number of hydrogen-bond acceptors (Lipinski definition) is 7. The van der Waals surface area contributed by atoms with E-state index in [1.165, 1.54) is 22.5 Å². The first kappa shape index (κ1) is 20.9. The topological polar surface area (TPSA) is 140 Å². The van der Waals surface area contributed by atoms with Gasteiger partial charge in [0.1, 0.15) is 5.75 Å². The number of carbonyl (C=O) groups is 2. The van der Waals surface area contributed by atoms with Crippen LogP contribution in [-0.2, 0) is 19.6 Å². The summed E-state index contributed by atoms with van der Waals surface area (Å²) in [5, 5.41) is 4.71. The third-order valence-electron chi connectivity index (χ3n) is 3.62. The molecule has 1 aromatic rings. The molecule has 1 aromatic carbocycles. The molecule has 1 fully saturated rings. The summed E-state index contributed by atoms with van der Waals surface area (Å²) in [7, 11) is -3.70. The number of hydrogen-bond donors (Lipinski definition) is 3. The van der Waals surface area contributed by atoms with E-state index in [9.17, 15) is 18.0 Å². The van der Waals surface area contributed by atoms with Crippen LogP contribution in [0.1, 0.15) is 13.8 Å². The summed E-state index contributed by atoms with van der Waals surface area (Å²) in [6, 6.07) is 3.42. The van der Waals surface area contributed by atoms with Gasteiger partial charge in [-0.05, 0) is 32.0 Å². The predicted molar refractivity (Wildman–Crippen MR) is 98.0 cm³/mol. The Labute approximate surface area is 158 Å². The van der Waals surface area contributed by atoms with E-state index in [4.69, 9.17) is 15.2 Å². The van der Waals surface area contributed by atoms with Crippen molar-refractivity contribution in [1.29, 1.82) is 0 Å². The van der Waals surface area contributed by atoms with Crippen LogP contribution < -0.4 is 21.1 Å². The van der Waals surface area contributed by atoms with Gasteiger partial charge in [0.05, 0.1) is 36.4 Å². The highest BCUT2D eigenvalue weighted by atomic mass is 32.2. The number of imide groups is 1. The molecular weight excluding hydrogens is 376 g/mol. The van der Waals surface area contributed by atoms with Crippen LogP contribution in [0.3, 0.4) is 0 Å². The largest absolute Gasteiger partial charge is 0.489 e. The molecule has 1 saturated heterocycles. The quantitative estimate of drug-likeness (QED) is 0.590. The number of urea groups is 1. The van der Waals surface area contributed by atoms with Crippen LogP contribution in [0.4, 0.5) is 10.5 Å². The molecule has 0 atom stereocenters. The molecule has 0 radical (unpaired) electrons. The van der Waals surface area contributed by atoms with Crippen LogP contribution in [0.5, 0.6) is 5.75 Å². The number of carbonyl (C=O) groups excluding carboxylic acids is 2. The maximum Gasteiger partial charge on any atom is 0.318 e. The minimum atomic E-state index is -3.70. The van der Waals surface area contributed by atoms with Gasteiger partial charge in [-0.2, -0.15) is 4.31 Å². The molecular formula is C16H24N4O6S. The van der Waals surface area contributed by atoms with E-state index >= 15 is 0 Å². The molecule has 1 aliphatic rings. The zero-order valence-corrected chi connectivity index (χ0v) is 16.0. The molecule has 2 rings (SSSR count). The number of sulfonamides is 1. The molecule has 11 heteroatoms. The minimum absolute atomic E-state index is 0.0679. The third-order valence-corrected chi connectivity index (χ3v) is 5.52. The molecule has 0 spiro atoms. The van der Waals surface area contributed by atoms with Crippen LogP contribution in [0.2, 0.25) is 0 Å². The molecule has 0 unspecified atom stereocenters. The second-order valence-corrected chi connectivity index (χ2v) is 8.04. The number of primary amides is 1. The van der Waals surface area contributed by atoms with Crippen molar-refractivity contribution in [3.63, 3.8) is 0 Å². The lowest BCUT2D eigenvalue weighted by Gasteiger charge is -2.26. The molecule has 150 valence electrons. The highest BCUT2D eigenvalue weighted by molar-refractivity contribution is 7.89. The van der Waals surface area contributed by atoms with Crippen molar-refractivity contribution in [2.24, 2.45) is 5.73 Å². The minimum Gasteiger partial charge on any atom is -0.489 e. The van der Waals surface area contributed by atoms with Gasteiger partial charge >= 0.3 is 6.03 Å². The smallest absolute Gasteiger partial charge is 0.318 e. The summed E-state index contributed by atoms with van der Waals surface area (Å²) in [5.74, 6) is -0.266. The highest BCUT2D eigenvalue weighted by Gasteiger charge is 2.27. The summed E-state index contributed by atoms with van der Waals surface area (Å²) >= 11 is 0. The van der Waals surface area contributed by atoms with E-state index in [1.54, 1.807) is 0 Å². The number of anilines is 1. The van der Waals surface area contributed by atoms with E-state index in [-0.39, 0.29) is 30.6 Å². The summed E-state index contributed by atoms with van der Waals surface area (Å²) < 4.78 is 37.8. The van der Waals surface area contributed by atoms with Crippen molar-refractivity contribution < 1.29 is 27.5 Å². The van der Waals surface area contributed by atoms with Gasteiger partial charge < -0.3 is 20.5 Å². The lowest BCUT2D eigenvalue weighted by Crippen LogP contribution is -2.40. The first-order valence-corrected chi connectivity index (χ1v) is 9.86. The second kappa shape index (κ2) is 9.02. The number of ether oxygens (including phenoxy) is 2. The summed E-state index contributed by atoms with van der Waals surface area (Å²) in [6.07, 6.45) is -0.160. The maximum absolute atomic E-state index is 12.8. The average molecular weight is 400 g/mol. The second-order valence-electron chi connectivity index (χ2n) is 6.11. The maximum atomic E-state index is 12.8. The fraction of sp³-hybridized carbons (Fsp3) is 0.500. The Balaban J connectivity index is 2.26. The Bertz CT molecular complexity index is 790. The molecule has 10 nitrogen and oxygen atoms in total. The molecule has 4 N–H and O–H groups in total. The van der Waals surface area contributed by atoms with Crippen LogP contribution in [0.15, 0.2) is 23.1 Å². The number of nitrogens with one attached hydrogen (secondary N) is 2. The van der Waals surface area contributed by atoms with Gasteiger partial charge in [0, 0.05) is 13.1 Å². The van der Waals surface area contributed by atoms with Gasteiger partial charge in [0.15, 0.2) is 0 Å². The summed E-state index contributed by atoms with van der Waals surface area (Å²) in [5.41, 5.74) is 5.22. The van der Waals surface area contributed by atoms with Gasteiger partial charge in [-0.15, -0.1) is 0 Å². The number of nitrogens with two attached hydrogens (primary N) is 1. The van der Waals surface area contributed by atoms with E-state index in [1.807, 2.05) is 19.2 Å². The average Bonchev–Trinajstić information content (AvgIpc) is 2.60. The molecule has 0 aromatic heterocycles. The Kier molecular flexibility index (Phi) is 6.99. The van der Waals surface area contributed by atoms with Crippen LogP contribution in [0, 0.1) is 0 Å². The predicted octanol–water partition coefficient (Wildman–Crippen LogP) is 0.102. The van der Waals surface area contributed by atoms with E-state index < -0.39 is 22.0 Å². The fourth-order valence-electron chi connectivity index (χ4n) is 2.46. The van der Waals surface area contributed by atoms with Crippen LogP contribution in [0.25, 0.3) is 0 Å². The van der Waals surface area contributed by atoms with Crippen molar-refractivity contribution in [1.82, 2.24) is 9.62 Å². The van der Waals surface area contributed by atoms with Crippen molar-refractivity contribution in [2.75, 3.05) is 38.2 Å². The van der Waals surface area contributed by atoms with E-state index in [2.05, 4.69) is 5.32 Å². The van der Waals surface area contributed by atoms with Crippen LogP contribution >= 0.6 is 0 Å². The van der Waals surface area contributed by atoms with Crippen molar-refractivity contribution in [3.05, 3.63) is 18.2 Å². The SMILES string of the molecule is CC(C)Oc1ccc(S(=O)(=O)N2CCOCC2)cc1NCC(=O)NC(N)=O. The lowest BCUT2D eigenvalue weighted by molar-refractivity contribution is -0.118. The molecule has 3 amide bonds. The normalized spacial score (nSPS) is 15.4. The lowest BCUT2D eigenvalue weighted by atomic mass is 10.3.